The normalized spacial score (nSPS) is 11.7. The molecule has 68 heavy (non-hydrogen) atoms. The molecule has 0 unspecified atom stereocenters. The molecular formula is C46H38N4O14S4. The summed E-state index contributed by atoms with van der Waals surface area (Å²) in [5, 5.41) is 10.3. The van der Waals surface area contributed by atoms with Gasteiger partial charge in [0.05, 0.1) is 0 Å². The standard InChI is InChI=1S/C46H38N4O14S4/c1-31-6-26-41(27-7-31)65(53,54)61-37-18-10-33(11-19-37)47-45(51)49-35-14-22-39(23-15-35)63-67(57,58)43-4-3-5-44(30-43)68(59,60)64-40-24-16-36(17-25-40)50-46(52)48-34-12-20-38(21-13-34)62-66(55,56)42-28-8-32(2)9-29-42/h3-30H,1-2H3,(H2,47,49,51)(H2,48,50,52). The van der Waals surface area contributed by atoms with E-state index < -0.39 is 62.3 Å². The van der Waals surface area contributed by atoms with Gasteiger partial charge in [-0.15, -0.1) is 0 Å². The molecule has 7 rings (SSSR count). The maximum Gasteiger partial charge on any atom is 0.339 e. The number of carbonyl (C=O) groups is 2. The summed E-state index contributed by atoms with van der Waals surface area (Å²) in [4.78, 5) is 24.3. The summed E-state index contributed by atoms with van der Waals surface area (Å²) in [6.45, 7) is 3.65. The van der Waals surface area contributed by atoms with Gasteiger partial charge in [-0.05, 0) is 153 Å². The summed E-state index contributed by atoms with van der Waals surface area (Å²) in [6.07, 6.45) is 0. The predicted molar refractivity (Wildman–Crippen MR) is 251 cm³/mol. The van der Waals surface area contributed by atoms with Gasteiger partial charge >= 0.3 is 52.5 Å². The Morgan fingerprint density at radius 3 is 0.809 bits per heavy atom. The number of aryl methyl sites for hydroxylation is 2. The molecule has 0 aliphatic heterocycles. The number of hydrogen-bond acceptors (Lipinski definition) is 14. The largest absolute Gasteiger partial charge is 0.379 e. The summed E-state index contributed by atoms with van der Waals surface area (Å²) in [5.74, 6) is -0.265. The molecule has 7 aromatic rings. The molecular weight excluding hydrogens is 961 g/mol. The number of rotatable bonds is 16. The Labute approximate surface area is 392 Å². The predicted octanol–water partition coefficient (Wildman–Crippen LogP) is 8.66. The van der Waals surface area contributed by atoms with E-state index in [9.17, 15) is 43.3 Å². The molecule has 0 bridgehead atoms. The lowest BCUT2D eigenvalue weighted by Crippen LogP contribution is -2.19. The second kappa shape index (κ2) is 19.9. The van der Waals surface area contributed by atoms with Gasteiger partial charge in [-0.25, -0.2) is 9.59 Å². The van der Waals surface area contributed by atoms with Gasteiger partial charge in [0.1, 0.15) is 42.6 Å². The fourth-order valence-electron chi connectivity index (χ4n) is 5.86. The number of benzene rings is 7. The lowest BCUT2D eigenvalue weighted by atomic mass is 10.2. The van der Waals surface area contributed by atoms with Gasteiger partial charge in [0.15, 0.2) is 0 Å². The quantitative estimate of drug-likeness (QED) is 0.0661. The van der Waals surface area contributed by atoms with E-state index in [4.69, 9.17) is 16.7 Å². The average Bonchev–Trinajstić information content (AvgIpc) is 3.29. The van der Waals surface area contributed by atoms with Gasteiger partial charge in [-0.2, -0.15) is 33.7 Å². The summed E-state index contributed by atoms with van der Waals surface area (Å²) in [6, 6.07) is 36.9. The maximum atomic E-state index is 13.2. The van der Waals surface area contributed by atoms with Crippen molar-refractivity contribution < 1.29 is 60.0 Å². The fourth-order valence-corrected chi connectivity index (χ4v) is 9.75. The van der Waals surface area contributed by atoms with Gasteiger partial charge in [0.25, 0.3) is 0 Å². The molecule has 0 saturated heterocycles. The van der Waals surface area contributed by atoms with Crippen LogP contribution in [-0.2, 0) is 40.5 Å². The van der Waals surface area contributed by atoms with Crippen molar-refractivity contribution >= 4 is 75.3 Å². The Morgan fingerprint density at radius 1 is 0.324 bits per heavy atom. The van der Waals surface area contributed by atoms with Gasteiger partial charge in [0.2, 0.25) is 0 Å². The maximum absolute atomic E-state index is 13.2. The molecule has 0 saturated carbocycles. The molecule has 0 aliphatic carbocycles. The molecule has 4 N–H and O–H groups in total. The van der Waals surface area contributed by atoms with Crippen molar-refractivity contribution in [3.05, 3.63) is 181 Å². The number of carbonyl (C=O) groups excluding carboxylic acids is 2. The van der Waals surface area contributed by atoms with Gasteiger partial charge in [-0.1, -0.05) is 41.5 Å². The Morgan fingerprint density at radius 2 is 0.559 bits per heavy atom. The van der Waals surface area contributed by atoms with Crippen molar-refractivity contribution in [3.63, 3.8) is 0 Å². The summed E-state index contributed by atoms with van der Waals surface area (Å²) in [5.41, 5.74) is 2.88. The zero-order chi connectivity index (χ0) is 48.7. The van der Waals surface area contributed by atoms with Gasteiger partial charge in [0, 0.05) is 22.7 Å². The van der Waals surface area contributed by atoms with Crippen LogP contribution in [0, 0.1) is 13.8 Å². The lowest BCUT2D eigenvalue weighted by molar-refractivity contribution is 0.261. The van der Waals surface area contributed by atoms with Crippen LogP contribution in [0.1, 0.15) is 11.1 Å². The van der Waals surface area contributed by atoms with Crippen LogP contribution in [0.4, 0.5) is 32.3 Å². The van der Waals surface area contributed by atoms with Crippen LogP contribution in [0.25, 0.3) is 0 Å². The van der Waals surface area contributed by atoms with Crippen LogP contribution in [0.2, 0.25) is 0 Å². The highest BCUT2D eigenvalue weighted by Gasteiger charge is 2.24. The molecule has 22 heteroatoms. The molecule has 0 radical (unpaired) electrons. The zero-order valence-corrected chi connectivity index (χ0v) is 38.8. The topological polar surface area (TPSA) is 256 Å². The third-order valence-corrected chi connectivity index (χ3v) is 14.3. The summed E-state index contributed by atoms with van der Waals surface area (Å²) >= 11 is 0. The van der Waals surface area contributed by atoms with E-state index in [1.165, 1.54) is 127 Å². The van der Waals surface area contributed by atoms with Crippen molar-refractivity contribution in [2.45, 2.75) is 33.4 Å². The Bertz CT molecular complexity index is 3190. The molecule has 7 aromatic carbocycles. The summed E-state index contributed by atoms with van der Waals surface area (Å²) < 4.78 is 124. The third kappa shape index (κ3) is 12.7. The van der Waals surface area contributed by atoms with Crippen molar-refractivity contribution in [2.75, 3.05) is 21.3 Å². The second-order valence-electron chi connectivity index (χ2n) is 14.5. The molecule has 0 heterocycles. The van der Waals surface area contributed by atoms with Gasteiger partial charge in [-0.3, -0.25) is 0 Å². The van der Waals surface area contributed by atoms with Crippen molar-refractivity contribution in [2.24, 2.45) is 0 Å². The van der Waals surface area contributed by atoms with E-state index in [2.05, 4.69) is 21.3 Å². The van der Waals surface area contributed by atoms with E-state index in [1.807, 2.05) is 13.8 Å². The molecule has 0 aromatic heterocycles. The molecule has 0 aliphatic rings. The van der Waals surface area contributed by atoms with Crippen molar-refractivity contribution in [3.8, 4) is 23.0 Å². The highest BCUT2D eigenvalue weighted by molar-refractivity contribution is 7.88. The lowest BCUT2D eigenvalue weighted by Gasteiger charge is -2.12. The number of urea groups is 2. The monoisotopic (exact) mass is 998 g/mol. The second-order valence-corrected chi connectivity index (χ2v) is 20.7. The minimum Gasteiger partial charge on any atom is -0.379 e. The minimum absolute atomic E-state index is 0.0136. The number of anilines is 4. The number of amides is 4. The molecule has 0 spiro atoms. The molecule has 0 fully saturated rings. The first-order valence-corrected chi connectivity index (χ1v) is 25.4. The Balaban J connectivity index is 0.883. The van der Waals surface area contributed by atoms with E-state index in [0.29, 0.717) is 11.4 Å². The van der Waals surface area contributed by atoms with Crippen molar-refractivity contribution in [1.82, 2.24) is 0 Å². The van der Waals surface area contributed by atoms with Crippen LogP contribution in [-0.4, -0.2) is 45.7 Å². The van der Waals surface area contributed by atoms with E-state index >= 15 is 0 Å². The smallest absolute Gasteiger partial charge is 0.339 e. The first-order valence-electron chi connectivity index (χ1n) is 19.8. The van der Waals surface area contributed by atoms with Gasteiger partial charge < -0.3 is 38.0 Å². The molecule has 350 valence electrons. The van der Waals surface area contributed by atoms with E-state index in [1.54, 1.807) is 24.3 Å². The SMILES string of the molecule is Cc1ccc(S(=O)(=O)Oc2ccc(NC(=O)Nc3ccc(OS(=O)(=O)c4cccc(S(=O)(=O)Oc5ccc(NC(=O)Nc6ccc(OS(=O)(=O)c7ccc(C)cc7)cc6)cc5)c4)cc3)cc2)cc1. The average molecular weight is 999 g/mol. The first kappa shape index (κ1) is 48.0. The van der Waals surface area contributed by atoms with Crippen LogP contribution >= 0.6 is 0 Å². The van der Waals surface area contributed by atoms with Crippen LogP contribution in [0.15, 0.2) is 189 Å². The highest BCUT2D eigenvalue weighted by Crippen LogP contribution is 2.27. The highest BCUT2D eigenvalue weighted by atomic mass is 32.2. The Kier molecular flexibility index (Phi) is 14.1. The number of nitrogens with one attached hydrogen (secondary N) is 4. The van der Waals surface area contributed by atoms with E-state index in [-0.39, 0.29) is 44.2 Å². The molecule has 0 atom stereocenters. The zero-order valence-electron chi connectivity index (χ0n) is 35.5. The van der Waals surface area contributed by atoms with Crippen LogP contribution in [0.3, 0.4) is 0 Å². The molecule has 18 nitrogen and oxygen atoms in total. The minimum atomic E-state index is -4.58. The van der Waals surface area contributed by atoms with Crippen molar-refractivity contribution in [1.29, 1.82) is 0 Å². The number of hydrogen-bond donors (Lipinski definition) is 4. The van der Waals surface area contributed by atoms with Crippen LogP contribution in [0.5, 0.6) is 23.0 Å². The van der Waals surface area contributed by atoms with E-state index in [0.717, 1.165) is 29.3 Å². The van der Waals surface area contributed by atoms with Crippen LogP contribution < -0.4 is 38.0 Å². The third-order valence-electron chi connectivity index (χ3n) is 9.27. The molecule has 4 amide bonds. The summed E-state index contributed by atoms with van der Waals surface area (Å²) in [7, 11) is -17.3. The first-order chi connectivity index (χ1) is 32.2. The Hall–Kier alpha value is -7.92. The fraction of sp³-hybridized carbons (Fsp3) is 0.0435.